The van der Waals surface area contributed by atoms with E-state index in [0.29, 0.717) is 11.0 Å². The summed E-state index contributed by atoms with van der Waals surface area (Å²) in [7, 11) is 0. The zero-order chi connectivity index (χ0) is 23.2. The molecule has 0 fully saturated rings. The molecule has 1 N–H and O–H groups in total. The number of amides is 1. The number of aromatic nitrogens is 3. The number of nitrogens with zero attached hydrogens (tertiary/aromatic N) is 3. The SMILES string of the molecule is Cc1ccc(OCc2nnc(SCC(=O)Nc3cccc(Br)c3)n2-c2ccc(C)cc2)cc1. The van der Waals surface area contributed by atoms with Gasteiger partial charge < -0.3 is 10.1 Å². The molecular formula is C25H23BrN4O2S. The van der Waals surface area contributed by atoms with Crippen LogP contribution in [0.2, 0.25) is 0 Å². The average Bonchev–Trinajstić information content (AvgIpc) is 3.21. The lowest BCUT2D eigenvalue weighted by molar-refractivity contribution is -0.113. The lowest BCUT2D eigenvalue weighted by Crippen LogP contribution is -2.14. The van der Waals surface area contributed by atoms with Crippen molar-refractivity contribution in [2.75, 3.05) is 11.1 Å². The van der Waals surface area contributed by atoms with Gasteiger partial charge in [0.05, 0.1) is 5.75 Å². The molecule has 1 amide bonds. The van der Waals surface area contributed by atoms with Crippen molar-refractivity contribution < 1.29 is 9.53 Å². The van der Waals surface area contributed by atoms with Crippen molar-refractivity contribution in [3.8, 4) is 11.4 Å². The van der Waals surface area contributed by atoms with Crippen molar-refractivity contribution in [1.82, 2.24) is 14.8 Å². The van der Waals surface area contributed by atoms with Crippen molar-refractivity contribution in [2.45, 2.75) is 25.6 Å². The highest BCUT2D eigenvalue weighted by molar-refractivity contribution is 9.10. The standard InChI is InChI=1S/C25H23BrN4O2S/c1-17-6-10-21(11-7-17)30-23(15-32-22-12-8-18(2)9-13-22)28-29-25(30)33-16-24(31)27-20-5-3-4-19(26)14-20/h3-14H,15-16H2,1-2H3,(H,27,31). The molecule has 0 saturated carbocycles. The van der Waals surface area contributed by atoms with E-state index >= 15 is 0 Å². The zero-order valence-electron chi connectivity index (χ0n) is 18.3. The van der Waals surface area contributed by atoms with Gasteiger partial charge in [-0.05, 0) is 56.3 Å². The number of rotatable bonds is 8. The van der Waals surface area contributed by atoms with Gasteiger partial charge in [0, 0.05) is 15.8 Å². The minimum absolute atomic E-state index is 0.117. The fourth-order valence-corrected chi connectivity index (χ4v) is 4.29. The maximum absolute atomic E-state index is 12.5. The molecule has 0 aliphatic carbocycles. The van der Waals surface area contributed by atoms with E-state index < -0.39 is 0 Å². The Morgan fingerprint density at radius 1 is 1.00 bits per heavy atom. The summed E-state index contributed by atoms with van der Waals surface area (Å²) in [6.45, 7) is 4.34. The molecule has 0 aliphatic heterocycles. The van der Waals surface area contributed by atoms with E-state index in [1.807, 2.05) is 91.2 Å². The van der Waals surface area contributed by atoms with Gasteiger partial charge in [-0.2, -0.15) is 0 Å². The number of hydrogen-bond donors (Lipinski definition) is 1. The number of benzene rings is 3. The van der Waals surface area contributed by atoms with Gasteiger partial charge in [-0.15, -0.1) is 10.2 Å². The summed E-state index contributed by atoms with van der Waals surface area (Å²) in [5.41, 5.74) is 3.99. The van der Waals surface area contributed by atoms with Crippen molar-refractivity contribution in [2.24, 2.45) is 0 Å². The van der Waals surface area contributed by atoms with Crippen molar-refractivity contribution >= 4 is 39.3 Å². The summed E-state index contributed by atoms with van der Waals surface area (Å²) < 4.78 is 8.79. The van der Waals surface area contributed by atoms with Crippen LogP contribution in [0.5, 0.6) is 5.75 Å². The molecule has 168 valence electrons. The van der Waals surface area contributed by atoms with Crippen LogP contribution in [-0.2, 0) is 11.4 Å². The van der Waals surface area contributed by atoms with Gasteiger partial charge in [-0.1, -0.05) is 69.2 Å². The van der Waals surface area contributed by atoms with Gasteiger partial charge in [0.1, 0.15) is 12.4 Å². The highest BCUT2D eigenvalue weighted by atomic mass is 79.9. The quantitative estimate of drug-likeness (QED) is 0.289. The number of anilines is 1. The summed E-state index contributed by atoms with van der Waals surface area (Å²) in [5, 5.41) is 12.2. The molecule has 3 aromatic carbocycles. The molecular weight excluding hydrogens is 500 g/mol. The minimum Gasteiger partial charge on any atom is -0.486 e. The van der Waals surface area contributed by atoms with Gasteiger partial charge >= 0.3 is 0 Å². The van der Waals surface area contributed by atoms with Crippen LogP contribution >= 0.6 is 27.7 Å². The van der Waals surface area contributed by atoms with Crippen LogP contribution in [0.3, 0.4) is 0 Å². The maximum atomic E-state index is 12.5. The van der Waals surface area contributed by atoms with Crippen molar-refractivity contribution in [3.05, 3.63) is 94.2 Å². The number of hydrogen-bond acceptors (Lipinski definition) is 5. The second-order valence-electron chi connectivity index (χ2n) is 7.52. The van der Waals surface area contributed by atoms with Crippen molar-refractivity contribution in [3.63, 3.8) is 0 Å². The molecule has 0 atom stereocenters. The Hall–Kier alpha value is -3.10. The van der Waals surface area contributed by atoms with Gasteiger partial charge in [-0.25, -0.2) is 0 Å². The molecule has 0 saturated heterocycles. The normalized spacial score (nSPS) is 10.8. The van der Waals surface area contributed by atoms with Crippen LogP contribution < -0.4 is 10.1 Å². The van der Waals surface area contributed by atoms with Crippen molar-refractivity contribution in [1.29, 1.82) is 0 Å². The first kappa shape index (κ1) is 23.1. The minimum atomic E-state index is -0.117. The predicted molar refractivity (Wildman–Crippen MR) is 135 cm³/mol. The van der Waals surface area contributed by atoms with Crippen LogP contribution in [0.4, 0.5) is 5.69 Å². The molecule has 1 heterocycles. The van der Waals surface area contributed by atoms with Crippen LogP contribution in [0, 0.1) is 13.8 Å². The number of halogens is 1. The number of aryl methyl sites for hydroxylation is 2. The fraction of sp³-hybridized carbons (Fsp3) is 0.160. The molecule has 8 heteroatoms. The zero-order valence-corrected chi connectivity index (χ0v) is 20.7. The first-order valence-corrected chi connectivity index (χ1v) is 12.1. The van der Waals surface area contributed by atoms with E-state index in [9.17, 15) is 4.79 Å². The highest BCUT2D eigenvalue weighted by Gasteiger charge is 2.17. The Bertz CT molecular complexity index is 1240. The third-order valence-electron chi connectivity index (χ3n) is 4.82. The van der Waals surface area contributed by atoms with Crippen LogP contribution in [0.15, 0.2) is 82.4 Å². The largest absolute Gasteiger partial charge is 0.486 e. The summed E-state index contributed by atoms with van der Waals surface area (Å²) >= 11 is 4.75. The summed E-state index contributed by atoms with van der Waals surface area (Å²) in [6, 6.07) is 23.5. The fourth-order valence-electron chi connectivity index (χ4n) is 3.12. The summed E-state index contributed by atoms with van der Waals surface area (Å²) in [4.78, 5) is 12.5. The highest BCUT2D eigenvalue weighted by Crippen LogP contribution is 2.24. The van der Waals surface area contributed by atoms with Gasteiger partial charge in [0.25, 0.3) is 0 Å². The first-order chi connectivity index (χ1) is 16.0. The van der Waals surface area contributed by atoms with E-state index in [1.54, 1.807) is 0 Å². The molecule has 0 unspecified atom stereocenters. The van der Waals surface area contributed by atoms with E-state index in [0.717, 1.165) is 27.2 Å². The Labute approximate surface area is 205 Å². The van der Waals surface area contributed by atoms with Crippen LogP contribution in [0.1, 0.15) is 17.0 Å². The van der Waals surface area contributed by atoms with Gasteiger partial charge in [0.2, 0.25) is 5.91 Å². The van der Waals surface area contributed by atoms with E-state index in [4.69, 9.17) is 4.74 Å². The Kier molecular flexibility index (Phi) is 7.47. The first-order valence-electron chi connectivity index (χ1n) is 10.4. The van der Waals surface area contributed by atoms with E-state index in [-0.39, 0.29) is 18.3 Å². The molecule has 0 radical (unpaired) electrons. The Morgan fingerprint density at radius 3 is 2.39 bits per heavy atom. The Balaban J connectivity index is 1.51. The molecule has 1 aromatic heterocycles. The molecule has 0 bridgehead atoms. The smallest absolute Gasteiger partial charge is 0.234 e. The molecule has 4 aromatic rings. The molecule has 6 nitrogen and oxygen atoms in total. The van der Waals surface area contributed by atoms with Gasteiger partial charge in [0.15, 0.2) is 11.0 Å². The third kappa shape index (κ3) is 6.24. The average molecular weight is 523 g/mol. The number of ether oxygens (including phenoxy) is 1. The molecule has 0 spiro atoms. The maximum Gasteiger partial charge on any atom is 0.234 e. The lowest BCUT2D eigenvalue weighted by Gasteiger charge is -2.12. The predicted octanol–water partition coefficient (Wildman–Crippen LogP) is 5.96. The third-order valence-corrected chi connectivity index (χ3v) is 6.24. The van der Waals surface area contributed by atoms with E-state index in [2.05, 4.69) is 31.4 Å². The van der Waals surface area contributed by atoms with E-state index in [1.165, 1.54) is 17.3 Å². The van der Waals surface area contributed by atoms with Crippen LogP contribution in [0.25, 0.3) is 5.69 Å². The lowest BCUT2D eigenvalue weighted by atomic mass is 10.2. The van der Waals surface area contributed by atoms with Gasteiger partial charge in [-0.3, -0.25) is 9.36 Å². The summed E-state index contributed by atoms with van der Waals surface area (Å²) in [5.74, 6) is 1.51. The number of carbonyl (C=O) groups excluding carboxylic acids is 1. The molecule has 0 aliphatic rings. The number of thioether (sulfide) groups is 1. The molecule has 4 rings (SSSR count). The number of carbonyl (C=O) groups is 1. The second-order valence-corrected chi connectivity index (χ2v) is 9.38. The van der Waals surface area contributed by atoms with Crippen LogP contribution in [-0.4, -0.2) is 26.4 Å². The summed E-state index contributed by atoms with van der Waals surface area (Å²) in [6.07, 6.45) is 0. The number of nitrogens with one attached hydrogen (secondary N) is 1. The topological polar surface area (TPSA) is 69.0 Å². The second kappa shape index (κ2) is 10.7. The monoisotopic (exact) mass is 522 g/mol. The molecule has 33 heavy (non-hydrogen) atoms. The Morgan fingerprint density at radius 2 is 1.70 bits per heavy atom.